The lowest BCUT2D eigenvalue weighted by Gasteiger charge is -2.15. The molecule has 2 aromatic carbocycles. The number of rotatable bonds is 9. The SMILES string of the molecule is CCC(C)OC(=O)Cn1c(SCCCN2Cc3ccccc3C2=O)nc2ccccc21. The summed E-state index contributed by atoms with van der Waals surface area (Å²) in [4.78, 5) is 31.5. The Balaban J connectivity index is 1.38. The van der Waals surface area contributed by atoms with Gasteiger partial charge in [0.1, 0.15) is 6.54 Å². The highest BCUT2D eigenvalue weighted by Crippen LogP contribution is 2.26. The summed E-state index contributed by atoms with van der Waals surface area (Å²) in [6.07, 6.45) is 1.54. The van der Waals surface area contributed by atoms with E-state index in [0.29, 0.717) is 13.1 Å². The first-order valence-electron chi connectivity index (χ1n) is 10.7. The second-order valence-corrected chi connectivity index (χ2v) is 8.83. The molecule has 0 radical (unpaired) electrons. The molecule has 1 unspecified atom stereocenters. The van der Waals surface area contributed by atoms with Gasteiger partial charge < -0.3 is 14.2 Å². The van der Waals surface area contributed by atoms with Crippen molar-refractivity contribution in [2.75, 3.05) is 12.3 Å². The standard InChI is InChI=1S/C24H27N3O3S/c1-3-17(2)30-22(28)16-27-21-12-7-6-11-20(21)25-24(27)31-14-8-13-26-15-18-9-4-5-10-19(18)23(26)29/h4-7,9-12,17H,3,8,13-16H2,1-2H3. The lowest BCUT2D eigenvalue weighted by Crippen LogP contribution is -2.25. The Labute approximate surface area is 186 Å². The molecule has 1 aliphatic heterocycles. The van der Waals surface area contributed by atoms with Crippen LogP contribution in [0.25, 0.3) is 11.0 Å². The normalized spacial score (nSPS) is 14.1. The summed E-state index contributed by atoms with van der Waals surface area (Å²) in [5.41, 5.74) is 3.71. The number of carbonyl (C=O) groups excluding carboxylic acids is 2. The number of thioether (sulfide) groups is 1. The number of fused-ring (bicyclic) bond motifs is 2. The number of hydrogen-bond acceptors (Lipinski definition) is 5. The summed E-state index contributed by atoms with van der Waals surface area (Å²) in [5.74, 6) is 0.671. The molecule has 0 aliphatic carbocycles. The van der Waals surface area contributed by atoms with Crippen LogP contribution in [-0.4, -0.2) is 44.7 Å². The van der Waals surface area contributed by atoms with Crippen LogP contribution in [0.1, 0.15) is 42.6 Å². The van der Waals surface area contributed by atoms with Gasteiger partial charge in [0, 0.05) is 24.4 Å². The highest BCUT2D eigenvalue weighted by Gasteiger charge is 2.26. The molecule has 0 spiro atoms. The third kappa shape index (κ3) is 4.77. The Morgan fingerprint density at radius 1 is 1.19 bits per heavy atom. The van der Waals surface area contributed by atoms with E-state index in [1.54, 1.807) is 11.8 Å². The van der Waals surface area contributed by atoms with E-state index in [4.69, 9.17) is 9.72 Å². The zero-order chi connectivity index (χ0) is 21.8. The predicted molar refractivity (Wildman–Crippen MR) is 122 cm³/mol. The quantitative estimate of drug-likeness (QED) is 0.280. The topological polar surface area (TPSA) is 64.4 Å². The molecule has 31 heavy (non-hydrogen) atoms. The second-order valence-electron chi connectivity index (χ2n) is 7.76. The predicted octanol–water partition coefficient (Wildman–Crippen LogP) is 4.52. The number of nitrogens with zero attached hydrogens (tertiary/aromatic N) is 3. The van der Waals surface area contributed by atoms with E-state index in [2.05, 4.69) is 0 Å². The van der Waals surface area contributed by atoms with Crippen LogP contribution < -0.4 is 0 Å². The van der Waals surface area contributed by atoms with Crippen LogP contribution >= 0.6 is 11.8 Å². The Bertz CT molecular complexity index is 1090. The molecule has 2 heterocycles. The molecule has 1 atom stereocenters. The van der Waals surface area contributed by atoms with Gasteiger partial charge in [-0.15, -0.1) is 0 Å². The molecule has 3 aromatic rings. The van der Waals surface area contributed by atoms with Crippen LogP contribution in [0.2, 0.25) is 0 Å². The number of hydrogen-bond donors (Lipinski definition) is 0. The van der Waals surface area contributed by atoms with Gasteiger partial charge in [-0.1, -0.05) is 49.0 Å². The Morgan fingerprint density at radius 3 is 2.77 bits per heavy atom. The number of amides is 1. The molecule has 1 aromatic heterocycles. The summed E-state index contributed by atoms with van der Waals surface area (Å²) in [5, 5.41) is 0.804. The van der Waals surface area contributed by atoms with Gasteiger partial charge in [-0.05, 0) is 43.5 Å². The minimum Gasteiger partial charge on any atom is -0.461 e. The number of carbonyl (C=O) groups is 2. The van der Waals surface area contributed by atoms with Gasteiger partial charge in [0.2, 0.25) is 0 Å². The van der Waals surface area contributed by atoms with Crippen molar-refractivity contribution in [1.29, 1.82) is 0 Å². The van der Waals surface area contributed by atoms with Crippen LogP contribution in [0.4, 0.5) is 0 Å². The van der Waals surface area contributed by atoms with Gasteiger partial charge >= 0.3 is 5.97 Å². The van der Waals surface area contributed by atoms with Gasteiger partial charge in [0.05, 0.1) is 17.1 Å². The van der Waals surface area contributed by atoms with Crippen LogP contribution in [0.5, 0.6) is 0 Å². The molecule has 0 saturated carbocycles. The monoisotopic (exact) mass is 437 g/mol. The zero-order valence-electron chi connectivity index (χ0n) is 17.9. The first kappa shape index (κ1) is 21.4. The van der Waals surface area contributed by atoms with Crippen molar-refractivity contribution in [3.63, 3.8) is 0 Å². The number of esters is 1. The van der Waals surface area contributed by atoms with E-state index in [-0.39, 0.29) is 24.5 Å². The lowest BCUT2D eigenvalue weighted by molar-refractivity contribution is -0.149. The summed E-state index contributed by atoms with van der Waals surface area (Å²) in [6.45, 7) is 5.43. The van der Waals surface area contributed by atoms with Gasteiger partial charge in [0.25, 0.3) is 5.91 Å². The molecule has 1 aliphatic rings. The van der Waals surface area contributed by atoms with Crippen LogP contribution in [0.15, 0.2) is 53.7 Å². The maximum absolute atomic E-state index is 12.5. The van der Waals surface area contributed by atoms with E-state index in [9.17, 15) is 9.59 Å². The summed E-state index contributed by atoms with van der Waals surface area (Å²) < 4.78 is 7.40. The van der Waals surface area contributed by atoms with Gasteiger partial charge in [-0.25, -0.2) is 4.98 Å². The third-order valence-electron chi connectivity index (χ3n) is 5.51. The molecule has 7 heteroatoms. The third-order valence-corrected chi connectivity index (χ3v) is 6.58. The smallest absolute Gasteiger partial charge is 0.326 e. The number of aromatic nitrogens is 2. The molecular formula is C24H27N3O3S. The molecule has 1 amide bonds. The number of ether oxygens (including phenoxy) is 1. The van der Waals surface area contributed by atoms with E-state index < -0.39 is 0 Å². The lowest BCUT2D eigenvalue weighted by atomic mass is 10.1. The van der Waals surface area contributed by atoms with Crippen molar-refractivity contribution in [1.82, 2.24) is 14.5 Å². The molecule has 0 saturated heterocycles. The summed E-state index contributed by atoms with van der Waals surface area (Å²) >= 11 is 1.61. The fourth-order valence-corrected chi connectivity index (χ4v) is 4.64. The van der Waals surface area contributed by atoms with E-state index in [0.717, 1.165) is 45.9 Å². The molecular weight excluding hydrogens is 410 g/mol. The molecule has 0 N–H and O–H groups in total. The Hall–Kier alpha value is -2.80. The Morgan fingerprint density at radius 2 is 1.97 bits per heavy atom. The van der Waals surface area contributed by atoms with Crippen molar-refractivity contribution >= 4 is 34.7 Å². The number of para-hydroxylation sites is 2. The highest BCUT2D eigenvalue weighted by atomic mass is 32.2. The van der Waals surface area contributed by atoms with Crippen molar-refractivity contribution in [3.8, 4) is 0 Å². The van der Waals surface area contributed by atoms with Crippen molar-refractivity contribution in [2.24, 2.45) is 0 Å². The van der Waals surface area contributed by atoms with Gasteiger partial charge in [-0.2, -0.15) is 0 Å². The van der Waals surface area contributed by atoms with Crippen molar-refractivity contribution < 1.29 is 14.3 Å². The number of imidazole rings is 1. The first-order chi connectivity index (χ1) is 15.1. The fourth-order valence-electron chi connectivity index (χ4n) is 3.70. The highest BCUT2D eigenvalue weighted by molar-refractivity contribution is 7.99. The summed E-state index contributed by atoms with van der Waals surface area (Å²) in [7, 11) is 0. The van der Waals surface area contributed by atoms with Crippen LogP contribution in [0.3, 0.4) is 0 Å². The molecule has 4 rings (SSSR count). The summed E-state index contributed by atoms with van der Waals surface area (Å²) in [6, 6.07) is 15.6. The maximum Gasteiger partial charge on any atom is 0.326 e. The maximum atomic E-state index is 12.5. The van der Waals surface area contributed by atoms with E-state index in [1.165, 1.54) is 0 Å². The average Bonchev–Trinajstić information content (AvgIpc) is 3.28. The fraction of sp³-hybridized carbons (Fsp3) is 0.375. The molecule has 0 bridgehead atoms. The van der Waals surface area contributed by atoms with Crippen LogP contribution in [-0.2, 0) is 22.6 Å². The van der Waals surface area contributed by atoms with Gasteiger partial charge in [0.15, 0.2) is 5.16 Å². The van der Waals surface area contributed by atoms with Crippen LogP contribution in [0, 0.1) is 0 Å². The van der Waals surface area contributed by atoms with Gasteiger partial charge in [-0.3, -0.25) is 9.59 Å². The largest absolute Gasteiger partial charge is 0.461 e. The number of benzene rings is 2. The average molecular weight is 438 g/mol. The zero-order valence-corrected chi connectivity index (χ0v) is 18.7. The first-order valence-corrected chi connectivity index (χ1v) is 11.7. The minimum atomic E-state index is -0.250. The van der Waals surface area contributed by atoms with Crippen molar-refractivity contribution in [2.45, 2.75) is 51.0 Å². The molecule has 162 valence electrons. The van der Waals surface area contributed by atoms with Crippen molar-refractivity contribution in [3.05, 3.63) is 59.7 Å². The van der Waals surface area contributed by atoms with E-state index >= 15 is 0 Å². The minimum absolute atomic E-state index is 0.0968. The molecule has 6 nitrogen and oxygen atoms in total. The Kier molecular flexibility index (Phi) is 6.61. The van der Waals surface area contributed by atoms with E-state index in [1.807, 2.05) is 71.8 Å². The molecule has 0 fully saturated rings. The second kappa shape index (κ2) is 9.56.